The maximum atomic E-state index is 5.39. The number of aromatic nitrogens is 3. The Bertz CT molecular complexity index is 1020. The lowest BCUT2D eigenvalue weighted by Gasteiger charge is -2.07. The maximum absolute atomic E-state index is 5.39. The van der Waals surface area contributed by atoms with Crippen molar-refractivity contribution in [2.24, 2.45) is 0 Å². The minimum absolute atomic E-state index is 0.420. The number of fused-ring (bicyclic) bond motifs is 3. The molecule has 0 unspecified atom stereocenters. The van der Waals surface area contributed by atoms with Crippen LogP contribution in [0.2, 0.25) is 0 Å². The Kier molecular flexibility index (Phi) is 2.87. The summed E-state index contributed by atoms with van der Waals surface area (Å²) in [5, 5.41) is 13.0. The van der Waals surface area contributed by atoms with Gasteiger partial charge in [0.05, 0.1) is 11.9 Å². The largest absolute Gasteiger partial charge is 0.233 e. The van der Waals surface area contributed by atoms with Gasteiger partial charge in [0.25, 0.3) is 0 Å². The lowest BCUT2D eigenvalue weighted by molar-refractivity contribution is 0.679. The fraction of sp³-hybridized carbons (Fsp3) is 0.0526. The van der Waals surface area contributed by atoms with Crippen molar-refractivity contribution in [3.8, 4) is 23.6 Å². The van der Waals surface area contributed by atoms with Gasteiger partial charge < -0.3 is 0 Å². The average Bonchev–Trinajstić information content (AvgIpc) is 3.03. The van der Waals surface area contributed by atoms with Crippen molar-refractivity contribution in [2.45, 2.75) is 6.54 Å². The van der Waals surface area contributed by atoms with E-state index in [2.05, 4.69) is 70.8 Å². The van der Waals surface area contributed by atoms with Gasteiger partial charge in [-0.3, -0.25) is 0 Å². The van der Waals surface area contributed by atoms with Crippen LogP contribution in [0, 0.1) is 12.3 Å². The van der Waals surface area contributed by atoms with Crippen molar-refractivity contribution in [1.29, 1.82) is 0 Å². The summed E-state index contributed by atoms with van der Waals surface area (Å²) < 4.78 is 1.74. The van der Waals surface area contributed by atoms with E-state index in [0.29, 0.717) is 6.54 Å². The Labute approximate surface area is 128 Å². The van der Waals surface area contributed by atoms with E-state index in [0.717, 1.165) is 11.3 Å². The predicted octanol–water partition coefficient (Wildman–Crippen LogP) is 3.88. The molecule has 0 aliphatic carbocycles. The van der Waals surface area contributed by atoms with Gasteiger partial charge in [-0.2, -0.15) is 0 Å². The molecule has 0 fully saturated rings. The zero-order chi connectivity index (χ0) is 14.9. The van der Waals surface area contributed by atoms with Crippen LogP contribution in [0.25, 0.3) is 32.8 Å². The first-order chi connectivity index (χ1) is 10.9. The quantitative estimate of drug-likeness (QED) is 0.413. The van der Waals surface area contributed by atoms with Crippen LogP contribution in [0.4, 0.5) is 0 Å². The molecular formula is C19H13N3. The van der Waals surface area contributed by atoms with Crippen molar-refractivity contribution in [3.05, 3.63) is 60.8 Å². The summed E-state index contributed by atoms with van der Waals surface area (Å²) in [7, 11) is 0. The fourth-order valence-corrected chi connectivity index (χ4v) is 2.85. The van der Waals surface area contributed by atoms with Crippen molar-refractivity contribution in [1.82, 2.24) is 15.0 Å². The fourth-order valence-electron chi connectivity index (χ4n) is 2.85. The molecule has 4 rings (SSSR count). The van der Waals surface area contributed by atoms with Gasteiger partial charge in [-0.25, -0.2) is 4.68 Å². The molecule has 3 nitrogen and oxygen atoms in total. The minimum Gasteiger partial charge on any atom is -0.233 e. The van der Waals surface area contributed by atoms with Crippen molar-refractivity contribution < 1.29 is 0 Å². The third-order valence-electron chi connectivity index (χ3n) is 3.90. The Balaban J connectivity index is 1.98. The van der Waals surface area contributed by atoms with Crippen LogP contribution in [0.3, 0.4) is 0 Å². The number of hydrogen-bond acceptors (Lipinski definition) is 2. The highest BCUT2D eigenvalue weighted by atomic mass is 15.4. The van der Waals surface area contributed by atoms with Crippen molar-refractivity contribution >= 4 is 21.5 Å². The topological polar surface area (TPSA) is 30.7 Å². The van der Waals surface area contributed by atoms with Gasteiger partial charge in [0.1, 0.15) is 6.54 Å². The van der Waals surface area contributed by atoms with E-state index in [9.17, 15) is 0 Å². The van der Waals surface area contributed by atoms with E-state index in [1.807, 2.05) is 0 Å². The van der Waals surface area contributed by atoms with Crippen molar-refractivity contribution in [2.75, 3.05) is 0 Å². The number of terminal acetylenes is 1. The van der Waals surface area contributed by atoms with Gasteiger partial charge in [-0.1, -0.05) is 59.7 Å². The first kappa shape index (κ1) is 12.6. The number of nitrogens with zero attached hydrogens (tertiary/aromatic N) is 3. The lowest BCUT2D eigenvalue weighted by atomic mass is 9.99. The van der Waals surface area contributed by atoms with E-state index in [4.69, 9.17) is 6.42 Å². The lowest BCUT2D eigenvalue weighted by Crippen LogP contribution is -2.00. The molecule has 0 radical (unpaired) electrons. The van der Waals surface area contributed by atoms with Crippen LogP contribution in [0.5, 0.6) is 0 Å². The highest BCUT2D eigenvalue weighted by Crippen LogP contribution is 2.29. The molecule has 0 aliphatic rings. The molecule has 0 saturated heterocycles. The SMILES string of the molecule is C#CCn1nncc1-c1ccc2ccc3ccccc3c2c1. The van der Waals surface area contributed by atoms with E-state index in [1.54, 1.807) is 10.9 Å². The molecule has 104 valence electrons. The van der Waals surface area contributed by atoms with Gasteiger partial charge in [0.2, 0.25) is 0 Å². The van der Waals surface area contributed by atoms with Crippen LogP contribution in [-0.4, -0.2) is 15.0 Å². The molecule has 0 saturated carbocycles. The van der Waals surface area contributed by atoms with Crippen LogP contribution in [0.15, 0.2) is 60.8 Å². The molecule has 22 heavy (non-hydrogen) atoms. The summed E-state index contributed by atoms with van der Waals surface area (Å²) in [5.41, 5.74) is 2.01. The van der Waals surface area contributed by atoms with E-state index in [1.165, 1.54) is 21.5 Å². The molecule has 0 aliphatic heterocycles. The standard InChI is InChI=1S/C19H13N3/c1-2-11-22-19(13-20-21-22)16-10-9-15-8-7-14-5-3-4-6-17(14)18(15)12-16/h1,3-10,12-13H,11H2. The molecule has 3 heteroatoms. The Hall–Kier alpha value is -3.12. The number of rotatable bonds is 2. The summed E-state index contributed by atoms with van der Waals surface area (Å²) in [6, 6.07) is 19.1. The summed E-state index contributed by atoms with van der Waals surface area (Å²) in [4.78, 5) is 0. The number of hydrogen-bond donors (Lipinski definition) is 0. The van der Waals surface area contributed by atoms with Crippen molar-refractivity contribution in [3.63, 3.8) is 0 Å². The highest BCUT2D eigenvalue weighted by Gasteiger charge is 2.08. The average molecular weight is 283 g/mol. The molecule has 0 bridgehead atoms. The van der Waals surface area contributed by atoms with E-state index < -0.39 is 0 Å². The predicted molar refractivity (Wildman–Crippen MR) is 89.3 cm³/mol. The zero-order valence-electron chi connectivity index (χ0n) is 11.9. The normalized spacial score (nSPS) is 10.9. The molecule has 1 heterocycles. The van der Waals surface area contributed by atoms with Gasteiger partial charge in [0, 0.05) is 5.56 Å². The summed E-state index contributed by atoms with van der Waals surface area (Å²) >= 11 is 0. The van der Waals surface area contributed by atoms with Gasteiger partial charge in [-0.15, -0.1) is 11.5 Å². The Morgan fingerprint density at radius 3 is 2.59 bits per heavy atom. The third-order valence-corrected chi connectivity index (χ3v) is 3.90. The molecule has 1 aromatic heterocycles. The third kappa shape index (κ3) is 1.94. The molecule has 0 N–H and O–H groups in total. The second-order valence-electron chi connectivity index (χ2n) is 5.20. The molecule has 0 amide bonds. The molecule has 0 atom stereocenters. The van der Waals surface area contributed by atoms with Crippen LogP contribution in [-0.2, 0) is 6.54 Å². The van der Waals surface area contributed by atoms with Crippen LogP contribution >= 0.6 is 0 Å². The second kappa shape index (κ2) is 5.01. The van der Waals surface area contributed by atoms with Crippen LogP contribution in [0.1, 0.15) is 0 Å². The smallest absolute Gasteiger partial charge is 0.104 e. The highest BCUT2D eigenvalue weighted by molar-refractivity contribution is 6.08. The second-order valence-corrected chi connectivity index (χ2v) is 5.20. The van der Waals surface area contributed by atoms with Gasteiger partial charge in [-0.05, 0) is 27.6 Å². The summed E-state index contributed by atoms with van der Waals surface area (Å²) in [6.45, 7) is 0.420. The molecule has 4 aromatic rings. The van der Waals surface area contributed by atoms with Crippen LogP contribution < -0.4 is 0 Å². The molecular weight excluding hydrogens is 270 g/mol. The Morgan fingerprint density at radius 2 is 1.73 bits per heavy atom. The first-order valence-electron chi connectivity index (χ1n) is 7.11. The van der Waals surface area contributed by atoms with E-state index in [-0.39, 0.29) is 0 Å². The maximum Gasteiger partial charge on any atom is 0.104 e. The Morgan fingerprint density at radius 1 is 0.955 bits per heavy atom. The van der Waals surface area contributed by atoms with Gasteiger partial charge in [0.15, 0.2) is 0 Å². The first-order valence-corrected chi connectivity index (χ1v) is 7.11. The van der Waals surface area contributed by atoms with E-state index >= 15 is 0 Å². The molecule has 3 aromatic carbocycles. The summed E-state index contributed by atoms with van der Waals surface area (Å²) in [5.74, 6) is 2.61. The molecule has 0 spiro atoms. The number of benzene rings is 3. The minimum atomic E-state index is 0.420. The zero-order valence-corrected chi connectivity index (χ0v) is 11.9. The monoisotopic (exact) mass is 283 g/mol. The summed E-state index contributed by atoms with van der Waals surface area (Å²) in [6.07, 6.45) is 7.15. The van der Waals surface area contributed by atoms with Gasteiger partial charge >= 0.3 is 0 Å².